The second kappa shape index (κ2) is 7.98. The summed E-state index contributed by atoms with van der Waals surface area (Å²) in [5.41, 5.74) is 1.95. The second-order valence-electron chi connectivity index (χ2n) is 7.63. The average molecular weight is 376 g/mol. The lowest BCUT2D eigenvalue weighted by Crippen LogP contribution is -2.53. The van der Waals surface area contributed by atoms with E-state index in [0.717, 1.165) is 11.1 Å². The number of methoxy groups -OCH3 is 1. The molecular weight excluding hydrogens is 348 g/mol. The van der Waals surface area contributed by atoms with Gasteiger partial charge in [-0.15, -0.1) is 0 Å². The first-order valence-electron chi connectivity index (χ1n) is 9.08. The van der Waals surface area contributed by atoms with Crippen molar-refractivity contribution < 1.29 is 23.9 Å². The highest BCUT2D eigenvalue weighted by molar-refractivity contribution is 6.05. The maximum Gasteiger partial charge on any atom is 0.408 e. The van der Waals surface area contributed by atoms with Crippen LogP contribution in [0.4, 0.5) is 10.5 Å². The highest BCUT2D eigenvalue weighted by Crippen LogP contribution is 2.35. The number of benzene rings is 1. The SMILES string of the molecule is CC[C@H](NC(=O)OC(C)(C)C)C(=O)N1c2cccc(C)c2C[C@@H]1C(=O)OC. The molecule has 7 heteroatoms. The lowest BCUT2D eigenvalue weighted by Gasteiger charge is -2.29. The van der Waals surface area contributed by atoms with Crippen LogP contribution in [0.1, 0.15) is 45.2 Å². The maximum atomic E-state index is 13.2. The minimum Gasteiger partial charge on any atom is -0.467 e. The van der Waals surface area contributed by atoms with Crippen LogP contribution >= 0.6 is 0 Å². The molecule has 1 heterocycles. The first-order valence-corrected chi connectivity index (χ1v) is 9.08. The summed E-state index contributed by atoms with van der Waals surface area (Å²) in [6.07, 6.45) is 0.0911. The maximum absolute atomic E-state index is 13.2. The molecule has 0 spiro atoms. The van der Waals surface area contributed by atoms with Crippen molar-refractivity contribution in [3.05, 3.63) is 29.3 Å². The summed E-state index contributed by atoms with van der Waals surface area (Å²) >= 11 is 0. The van der Waals surface area contributed by atoms with Gasteiger partial charge in [0.1, 0.15) is 17.7 Å². The number of alkyl carbamates (subject to hydrolysis) is 1. The van der Waals surface area contributed by atoms with Crippen molar-refractivity contribution >= 4 is 23.7 Å². The first kappa shape index (κ1) is 20.7. The lowest BCUT2D eigenvalue weighted by atomic mass is 10.0. The van der Waals surface area contributed by atoms with Crippen LogP contribution in [0.15, 0.2) is 18.2 Å². The van der Waals surface area contributed by atoms with Crippen molar-refractivity contribution in [3.63, 3.8) is 0 Å². The molecule has 0 saturated heterocycles. The molecule has 7 nitrogen and oxygen atoms in total. The van der Waals surface area contributed by atoms with Gasteiger partial charge in [0.25, 0.3) is 5.91 Å². The van der Waals surface area contributed by atoms with Crippen molar-refractivity contribution in [1.29, 1.82) is 0 Å². The summed E-state index contributed by atoms with van der Waals surface area (Å²) < 4.78 is 10.2. The zero-order valence-corrected chi connectivity index (χ0v) is 16.8. The van der Waals surface area contributed by atoms with E-state index in [-0.39, 0.29) is 5.91 Å². The Morgan fingerprint density at radius 3 is 2.52 bits per heavy atom. The van der Waals surface area contributed by atoms with E-state index in [1.807, 2.05) is 25.1 Å². The number of nitrogens with one attached hydrogen (secondary N) is 1. The van der Waals surface area contributed by atoms with Crippen LogP contribution in [0.5, 0.6) is 0 Å². The minimum absolute atomic E-state index is 0.358. The van der Waals surface area contributed by atoms with Gasteiger partial charge in [-0.2, -0.15) is 0 Å². The van der Waals surface area contributed by atoms with Gasteiger partial charge in [0.2, 0.25) is 0 Å². The van der Waals surface area contributed by atoms with E-state index in [2.05, 4.69) is 5.32 Å². The van der Waals surface area contributed by atoms with Gasteiger partial charge in [0.05, 0.1) is 7.11 Å². The Balaban J connectivity index is 2.31. The Hall–Kier alpha value is -2.57. The molecule has 27 heavy (non-hydrogen) atoms. The highest BCUT2D eigenvalue weighted by Gasteiger charge is 2.42. The van der Waals surface area contributed by atoms with Crippen molar-refractivity contribution in [2.75, 3.05) is 12.0 Å². The molecule has 0 unspecified atom stereocenters. The van der Waals surface area contributed by atoms with Gasteiger partial charge in [-0.05, 0) is 51.3 Å². The fourth-order valence-corrected chi connectivity index (χ4v) is 3.18. The van der Waals surface area contributed by atoms with E-state index >= 15 is 0 Å². The van der Waals surface area contributed by atoms with Crippen LogP contribution in [0.2, 0.25) is 0 Å². The van der Waals surface area contributed by atoms with E-state index in [9.17, 15) is 14.4 Å². The van der Waals surface area contributed by atoms with Gasteiger partial charge in [0.15, 0.2) is 0 Å². The zero-order valence-electron chi connectivity index (χ0n) is 16.8. The number of hydrogen-bond acceptors (Lipinski definition) is 5. The smallest absolute Gasteiger partial charge is 0.408 e. The molecule has 0 aliphatic carbocycles. The lowest BCUT2D eigenvalue weighted by molar-refractivity contribution is -0.143. The number of carbonyl (C=O) groups excluding carboxylic acids is 3. The Morgan fingerprint density at radius 2 is 1.96 bits per heavy atom. The minimum atomic E-state index is -0.807. The predicted molar refractivity (Wildman–Crippen MR) is 102 cm³/mol. The van der Waals surface area contributed by atoms with Gasteiger partial charge < -0.3 is 14.8 Å². The van der Waals surface area contributed by atoms with Crippen LogP contribution < -0.4 is 10.2 Å². The molecule has 0 bridgehead atoms. The first-order chi connectivity index (χ1) is 12.6. The number of esters is 1. The number of nitrogens with zero attached hydrogens (tertiary/aromatic N) is 1. The standard InChI is InChI=1S/C20H28N2O5/c1-7-14(21-19(25)27-20(3,4)5)17(23)22-15-10-8-9-12(2)13(15)11-16(22)18(24)26-6/h8-10,14,16H,7,11H2,1-6H3,(H,21,25)/t14-,16+/m0/s1. The molecule has 0 radical (unpaired) electrons. The number of hydrogen-bond donors (Lipinski definition) is 1. The van der Waals surface area contributed by atoms with Crippen molar-refractivity contribution in [1.82, 2.24) is 5.32 Å². The van der Waals surface area contributed by atoms with Crippen LogP contribution in [0.25, 0.3) is 0 Å². The van der Waals surface area contributed by atoms with Crippen LogP contribution in [0.3, 0.4) is 0 Å². The van der Waals surface area contributed by atoms with E-state index in [4.69, 9.17) is 9.47 Å². The van der Waals surface area contributed by atoms with Crippen molar-refractivity contribution in [3.8, 4) is 0 Å². The molecule has 2 amide bonds. The van der Waals surface area contributed by atoms with Crippen molar-refractivity contribution in [2.45, 2.75) is 65.1 Å². The summed E-state index contributed by atoms with van der Waals surface area (Å²) in [4.78, 5) is 39.1. The molecule has 1 aromatic carbocycles. The zero-order chi connectivity index (χ0) is 20.4. The summed E-state index contributed by atoms with van der Waals surface area (Å²) in [6.45, 7) is 8.99. The van der Waals surface area contributed by atoms with E-state index in [1.54, 1.807) is 27.7 Å². The van der Waals surface area contributed by atoms with E-state index < -0.39 is 29.7 Å². The average Bonchev–Trinajstić information content (AvgIpc) is 2.97. The summed E-state index contributed by atoms with van der Waals surface area (Å²) in [5, 5.41) is 2.62. The third-order valence-corrected chi connectivity index (χ3v) is 4.46. The van der Waals surface area contributed by atoms with E-state index in [1.165, 1.54) is 12.0 Å². The van der Waals surface area contributed by atoms with Gasteiger partial charge in [-0.25, -0.2) is 9.59 Å². The number of fused-ring (bicyclic) bond motifs is 1. The van der Waals surface area contributed by atoms with Gasteiger partial charge in [0, 0.05) is 12.1 Å². The molecule has 1 aliphatic rings. The van der Waals surface area contributed by atoms with E-state index in [0.29, 0.717) is 18.5 Å². The molecular formula is C20H28N2O5. The van der Waals surface area contributed by atoms with Crippen LogP contribution in [0, 0.1) is 6.92 Å². The Bertz CT molecular complexity index is 738. The third kappa shape index (κ3) is 4.59. The Labute approximate surface area is 160 Å². The molecule has 0 fully saturated rings. The van der Waals surface area contributed by atoms with Crippen LogP contribution in [-0.4, -0.2) is 42.8 Å². The molecule has 0 aromatic heterocycles. The topological polar surface area (TPSA) is 84.9 Å². The summed E-state index contributed by atoms with van der Waals surface area (Å²) in [7, 11) is 1.30. The van der Waals surface area contributed by atoms with Gasteiger partial charge >= 0.3 is 12.1 Å². The summed E-state index contributed by atoms with van der Waals surface area (Å²) in [5.74, 6) is -0.839. The Morgan fingerprint density at radius 1 is 1.30 bits per heavy atom. The predicted octanol–water partition coefficient (Wildman–Crippen LogP) is 2.73. The number of ether oxygens (including phenoxy) is 2. The molecule has 148 valence electrons. The monoisotopic (exact) mass is 376 g/mol. The van der Waals surface area contributed by atoms with Crippen molar-refractivity contribution in [2.24, 2.45) is 0 Å². The fourth-order valence-electron chi connectivity index (χ4n) is 3.18. The fraction of sp³-hybridized carbons (Fsp3) is 0.550. The van der Waals surface area contributed by atoms with Crippen LogP contribution in [-0.2, 0) is 25.5 Å². The molecule has 2 rings (SSSR count). The molecule has 1 aliphatic heterocycles. The number of anilines is 1. The molecule has 2 atom stereocenters. The molecule has 1 aromatic rings. The highest BCUT2D eigenvalue weighted by atomic mass is 16.6. The van der Waals surface area contributed by atoms with Gasteiger partial charge in [-0.1, -0.05) is 19.1 Å². The normalized spacial score (nSPS) is 17.1. The summed E-state index contributed by atoms with van der Waals surface area (Å²) in [6, 6.07) is 4.04. The van der Waals surface area contributed by atoms with Gasteiger partial charge in [-0.3, -0.25) is 9.69 Å². The second-order valence-corrected chi connectivity index (χ2v) is 7.63. The molecule has 0 saturated carbocycles. The molecule has 1 N–H and O–H groups in total. The largest absolute Gasteiger partial charge is 0.467 e. The number of rotatable bonds is 4. The number of carbonyl (C=O) groups is 3. The third-order valence-electron chi connectivity index (χ3n) is 4.46. The number of amides is 2. The Kier molecular flexibility index (Phi) is 6.13. The quantitative estimate of drug-likeness (QED) is 0.817. The number of aryl methyl sites for hydroxylation is 1.